The lowest BCUT2D eigenvalue weighted by Crippen LogP contribution is -1.99. The number of allylic oxidation sites excluding steroid dienone is 1. The highest BCUT2D eigenvalue weighted by molar-refractivity contribution is 8.02. The van der Waals surface area contributed by atoms with Crippen LogP contribution in [0.4, 0.5) is 13.2 Å². The van der Waals surface area contributed by atoms with Crippen LogP contribution in [0.15, 0.2) is 46.7 Å². The van der Waals surface area contributed by atoms with Crippen molar-refractivity contribution in [3.05, 3.63) is 41.8 Å². The molecule has 0 N–H and O–H groups in total. The van der Waals surface area contributed by atoms with Crippen molar-refractivity contribution in [3.63, 3.8) is 0 Å². The Morgan fingerprint density at radius 2 is 1.69 bits per heavy atom. The van der Waals surface area contributed by atoms with E-state index in [1.54, 1.807) is 24.3 Å². The van der Waals surface area contributed by atoms with Crippen LogP contribution < -0.4 is 0 Å². The zero-order chi connectivity index (χ0) is 9.73. The van der Waals surface area contributed by atoms with Gasteiger partial charge in [0.1, 0.15) is 0 Å². The molecule has 0 aliphatic heterocycles. The van der Waals surface area contributed by atoms with E-state index in [0.717, 1.165) is 22.1 Å². The molecule has 1 aromatic rings. The summed E-state index contributed by atoms with van der Waals surface area (Å²) in [6.45, 7) is 0. The van der Waals surface area contributed by atoms with E-state index in [9.17, 15) is 13.2 Å². The van der Waals surface area contributed by atoms with Crippen molar-refractivity contribution in [1.82, 2.24) is 0 Å². The molecule has 1 rings (SSSR count). The van der Waals surface area contributed by atoms with E-state index in [-0.39, 0.29) is 6.08 Å². The van der Waals surface area contributed by atoms with E-state index in [4.69, 9.17) is 0 Å². The van der Waals surface area contributed by atoms with E-state index in [0.29, 0.717) is 0 Å². The van der Waals surface area contributed by atoms with Gasteiger partial charge in [-0.25, -0.2) is 0 Å². The summed E-state index contributed by atoms with van der Waals surface area (Å²) in [6.07, 6.45) is -3.99. The maximum Gasteiger partial charge on any atom is 0.410 e. The molecule has 0 fully saturated rings. The fraction of sp³-hybridized carbons (Fsp3) is 0.111. The Hall–Kier alpha value is -0.900. The molecule has 0 spiro atoms. The number of thioether (sulfide) groups is 1. The Kier molecular flexibility index (Phi) is 3.42. The van der Waals surface area contributed by atoms with Gasteiger partial charge in [-0.2, -0.15) is 13.2 Å². The van der Waals surface area contributed by atoms with Gasteiger partial charge >= 0.3 is 6.18 Å². The first kappa shape index (κ1) is 10.2. The minimum Gasteiger partial charge on any atom is -0.167 e. The predicted octanol–water partition coefficient (Wildman–Crippen LogP) is 3.85. The van der Waals surface area contributed by atoms with Crippen molar-refractivity contribution < 1.29 is 13.2 Å². The largest absolute Gasteiger partial charge is 0.410 e. The lowest BCUT2D eigenvalue weighted by atomic mass is 10.4. The van der Waals surface area contributed by atoms with Gasteiger partial charge in [-0.3, -0.25) is 0 Å². The number of hydrogen-bond donors (Lipinski definition) is 0. The van der Waals surface area contributed by atoms with Gasteiger partial charge < -0.3 is 0 Å². The molecular formula is C9H7F3S. The molecule has 13 heavy (non-hydrogen) atoms. The van der Waals surface area contributed by atoms with Crippen LogP contribution in [-0.2, 0) is 0 Å². The third-order valence-corrected chi connectivity index (χ3v) is 2.02. The fourth-order valence-electron chi connectivity index (χ4n) is 0.689. The van der Waals surface area contributed by atoms with E-state index in [2.05, 4.69) is 0 Å². The molecule has 0 aromatic heterocycles. The molecule has 0 atom stereocenters. The molecular weight excluding hydrogens is 197 g/mol. The summed E-state index contributed by atoms with van der Waals surface area (Å²) in [5.74, 6) is 0. The molecule has 0 bridgehead atoms. The SMILES string of the molecule is FC(F)(F)/C=C\Sc1ccccc1. The second-order valence-electron chi connectivity index (χ2n) is 2.28. The molecule has 0 aliphatic rings. The first-order chi connectivity index (χ1) is 6.08. The van der Waals surface area contributed by atoms with Crippen LogP contribution >= 0.6 is 11.8 Å². The van der Waals surface area contributed by atoms with Crippen molar-refractivity contribution in [1.29, 1.82) is 0 Å². The van der Waals surface area contributed by atoms with Gasteiger partial charge in [0.25, 0.3) is 0 Å². The molecule has 0 saturated heterocycles. The maximum absolute atomic E-state index is 11.7. The van der Waals surface area contributed by atoms with Gasteiger partial charge in [-0.1, -0.05) is 30.0 Å². The van der Waals surface area contributed by atoms with Crippen LogP contribution in [-0.4, -0.2) is 6.18 Å². The maximum atomic E-state index is 11.7. The summed E-state index contributed by atoms with van der Waals surface area (Å²) in [5, 5.41) is 1.04. The van der Waals surface area contributed by atoms with Crippen LogP contribution in [0.5, 0.6) is 0 Å². The highest BCUT2D eigenvalue weighted by Gasteiger charge is 2.21. The summed E-state index contributed by atoms with van der Waals surface area (Å²) in [5.41, 5.74) is 0. The van der Waals surface area contributed by atoms with Crippen molar-refractivity contribution in [2.45, 2.75) is 11.1 Å². The van der Waals surface area contributed by atoms with E-state index < -0.39 is 6.18 Å². The normalized spacial score (nSPS) is 12.2. The van der Waals surface area contributed by atoms with Gasteiger partial charge in [-0.05, 0) is 17.5 Å². The minimum atomic E-state index is -4.22. The number of rotatable bonds is 2. The molecule has 70 valence electrons. The van der Waals surface area contributed by atoms with Gasteiger partial charge in [0.05, 0.1) is 0 Å². The van der Waals surface area contributed by atoms with Crippen LogP contribution in [0.25, 0.3) is 0 Å². The summed E-state index contributed by atoms with van der Waals surface area (Å²) in [7, 11) is 0. The lowest BCUT2D eigenvalue weighted by Gasteiger charge is -1.97. The smallest absolute Gasteiger partial charge is 0.167 e. The Labute approximate surface area is 78.5 Å². The highest BCUT2D eigenvalue weighted by atomic mass is 32.2. The molecule has 0 aliphatic carbocycles. The summed E-state index contributed by atoms with van der Waals surface area (Å²) in [4.78, 5) is 0.794. The first-order valence-corrected chi connectivity index (χ1v) is 4.42. The van der Waals surface area contributed by atoms with Crippen LogP contribution in [0, 0.1) is 0 Å². The zero-order valence-electron chi connectivity index (χ0n) is 6.58. The van der Waals surface area contributed by atoms with Gasteiger partial charge in [0, 0.05) is 11.0 Å². The van der Waals surface area contributed by atoms with Gasteiger partial charge in [0.2, 0.25) is 0 Å². The van der Waals surface area contributed by atoms with Crippen LogP contribution in [0.3, 0.4) is 0 Å². The Morgan fingerprint density at radius 1 is 1.08 bits per heavy atom. The van der Waals surface area contributed by atoms with E-state index in [1.807, 2.05) is 6.07 Å². The molecule has 0 nitrogen and oxygen atoms in total. The average molecular weight is 204 g/mol. The number of hydrogen-bond acceptors (Lipinski definition) is 1. The van der Waals surface area contributed by atoms with Crippen molar-refractivity contribution in [2.75, 3.05) is 0 Å². The number of benzene rings is 1. The predicted molar refractivity (Wildman–Crippen MR) is 47.5 cm³/mol. The average Bonchev–Trinajstić information content (AvgIpc) is 2.04. The number of halogens is 3. The molecule has 1 aromatic carbocycles. The molecule has 0 unspecified atom stereocenters. The summed E-state index contributed by atoms with van der Waals surface area (Å²) < 4.78 is 35.0. The second-order valence-corrected chi connectivity index (χ2v) is 3.25. The summed E-state index contributed by atoms with van der Waals surface area (Å²) in [6, 6.07) is 8.89. The van der Waals surface area contributed by atoms with Crippen molar-refractivity contribution in [2.24, 2.45) is 0 Å². The topological polar surface area (TPSA) is 0 Å². The molecule has 0 radical (unpaired) electrons. The van der Waals surface area contributed by atoms with Crippen LogP contribution in [0.1, 0.15) is 0 Å². The van der Waals surface area contributed by atoms with Crippen LogP contribution in [0.2, 0.25) is 0 Å². The van der Waals surface area contributed by atoms with Gasteiger partial charge in [0.15, 0.2) is 0 Å². The quantitative estimate of drug-likeness (QED) is 0.659. The van der Waals surface area contributed by atoms with E-state index >= 15 is 0 Å². The fourth-order valence-corrected chi connectivity index (χ4v) is 1.38. The Bertz CT molecular complexity index is 277. The van der Waals surface area contributed by atoms with Gasteiger partial charge in [-0.15, -0.1) is 0 Å². The molecule has 0 amide bonds. The second kappa shape index (κ2) is 4.37. The lowest BCUT2D eigenvalue weighted by molar-refractivity contribution is -0.0796. The molecule has 4 heteroatoms. The van der Waals surface area contributed by atoms with Crippen molar-refractivity contribution >= 4 is 11.8 Å². The Morgan fingerprint density at radius 3 is 2.23 bits per heavy atom. The van der Waals surface area contributed by atoms with E-state index in [1.165, 1.54) is 0 Å². The molecule has 0 saturated carbocycles. The van der Waals surface area contributed by atoms with Crippen molar-refractivity contribution in [3.8, 4) is 0 Å². The Balaban J connectivity index is 2.49. The third-order valence-electron chi connectivity index (χ3n) is 1.20. The number of alkyl halides is 3. The first-order valence-electron chi connectivity index (χ1n) is 3.54. The highest BCUT2D eigenvalue weighted by Crippen LogP contribution is 2.22. The molecule has 0 heterocycles. The summed E-state index contributed by atoms with van der Waals surface area (Å²) >= 11 is 1.05. The standard InChI is InChI=1S/C9H7F3S/c10-9(11,12)6-7-13-8-4-2-1-3-5-8/h1-7H/b7-6-. The third kappa shape index (κ3) is 4.62. The monoisotopic (exact) mass is 204 g/mol. The zero-order valence-corrected chi connectivity index (χ0v) is 7.40. The minimum absolute atomic E-state index is 0.227.